The summed E-state index contributed by atoms with van der Waals surface area (Å²) in [4.78, 5) is 33.5. The Balaban J connectivity index is 1.95. The summed E-state index contributed by atoms with van der Waals surface area (Å²) >= 11 is 0. The van der Waals surface area contributed by atoms with Gasteiger partial charge in [0.15, 0.2) is 5.65 Å². The van der Waals surface area contributed by atoms with Gasteiger partial charge in [-0.05, 0) is 30.7 Å². The van der Waals surface area contributed by atoms with Gasteiger partial charge in [-0.1, -0.05) is 6.07 Å². The molecule has 0 aliphatic carbocycles. The van der Waals surface area contributed by atoms with Crippen molar-refractivity contribution in [3.8, 4) is 0 Å². The highest BCUT2D eigenvalue weighted by Gasteiger charge is 2.30. The van der Waals surface area contributed by atoms with E-state index in [0.717, 1.165) is 7.11 Å². The van der Waals surface area contributed by atoms with E-state index in [9.17, 15) is 14.0 Å². The maximum absolute atomic E-state index is 14.1. The van der Waals surface area contributed by atoms with Crippen molar-refractivity contribution in [3.63, 3.8) is 0 Å². The molecule has 1 atom stereocenters. The van der Waals surface area contributed by atoms with Crippen LogP contribution >= 0.6 is 0 Å². The van der Waals surface area contributed by atoms with Crippen LogP contribution in [-0.4, -0.2) is 43.5 Å². The van der Waals surface area contributed by atoms with E-state index >= 15 is 0 Å². The van der Waals surface area contributed by atoms with Crippen LogP contribution in [0.3, 0.4) is 0 Å². The molecule has 0 aliphatic heterocycles. The third kappa shape index (κ3) is 3.37. The van der Waals surface area contributed by atoms with Crippen molar-refractivity contribution in [2.45, 2.75) is 19.5 Å². The molecule has 0 saturated carbocycles. The number of aromatic nitrogens is 4. The summed E-state index contributed by atoms with van der Waals surface area (Å²) in [5, 5.41) is 4.04. The summed E-state index contributed by atoms with van der Waals surface area (Å²) in [6, 6.07) is 5.41. The van der Waals surface area contributed by atoms with Gasteiger partial charge in [-0.3, -0.25) is 9.78 Å². The standard InChI is InChI=1S/C17H16FN5O3/c1-11(15-13(18)4-3-7-19-15)22(16(24)17(25)26-2)8-12-5-6-14-20-10-21-23(14)9-12/h3-7,9-11H,8H2,1-2H3. The van der Waals surface area contributed by atoms with E-state index in [0.29, 0.717) is 11.2 Å². The molecule has 0 bridgehead atoms. The summed E-state index contributed by atoms with van der Waals surface area (Å²) in [5.41, 5.74) is 1.39. The average molecular weight is 357 g/mol. The number of pyridine rings is 2. The van der Waals surface area contributed by atoms with E-state index in [1.54, 1.807) is 29.8 Å². The molecule has 1 amide bonds. The normalized spacial score (nSPS) is 12.0. The zero-order chi connectivity index (χ0) is 18.7. The van der Waals surface area contributed by atoms with E-state index in [2.05, 4.69) is 19.8 Å². The van der Waals surface area contributed by atoms with Crippen LogP contribution in [0.5, 0.6) is 0 Å². The predicted molar refractivity (Wildman–Crippen MR) is 88.2 cm³/mol. The fraction of sp³-hybridized carbons (Fsp3) is 0.235. The molecule has 1 unspecified atom stereocenters. The highest BCUT2D eigenvalue weighted by atomic mass is 19.1. The number of nitrogens with zero attached hydrogens (tertiary/aromatic N) is 5. The Kier molecular flexibility index (Phi) is 4.87. The Morgan fingerprint density at radius 2 is 2.12 bits per heavy atom. The van der Waals surface area contributed by atoms with Crippen molar-refractivity contribution in [1.82, 2.24) is 24.5 Å². The summed E-state index contributed by atoms with van der Waals surface area (Å²) in [6.45, 7) is 1.64. The minimum absolute atomic E-state index is 0.0426. The van der Waals surface area contributed by atoms with Gasteiger partial charge in [0.2, 0.25) is 0 Å². The molecule has 0 aromatic carbocycles. The Labute approximate surface area is 148 Å². The maximum atomic E-state index is 14.1. The molecule has 3 rings (SSSR count). The summed E-state index contributed by atoms with van der Waals surface area (Å²) in [7, 11) is 1.12. The van der Waals surface area contributed by atoms with E-state index in [4.69, 9.17) is 0 Å². The van der Waals surface area contributed by atoms with E-state index in [1.807, 2.05) is 0 Å². The number of carbonyl (C=O) groups excluding carboxylic acids is 2. The number of esters is 1. The van der Waals surface area contributed by atoms with E-state index in [1.165, 1.54) is 29.6 Å². The Hall–Kier alpha value is -3.36. The topological polar surface area (TPSA) is 89.7 Å². The lowest BCUT2D eigenvalue weighted by molar-refractivity contribution is -0.159. The number of methoxy groups -OCH3 is 1. The molecular weight excluding hydrogens is 341 g/mol. The lowest BCUT2D eigenvalue weighted by Crippen LogP contribution is -2.39. The maximum Gasteiger partial charge on any atom is 0.396 e. The molecule has 8 nitrogen and oxygen atoms in total. The minimum Gasteiger partial charge on any atom is -0.462 e. The van der Waals surface area contributed by atoms with Gasteiger partial charge < -0.3 is 9.64 Å². The third-order valence-electron chi connectivity index (χ3n) is 3.96. The van der Waals surface area contributed by atoms with E-state index < -0.39 is 23.7 Å². The first-order chi connectivity index (χ1) is 12.5. The largest absolute Gasteiger partial charge is 0.462 e. The summed E-state index contributed by atoms with van der Waals surface area (Å²) in [5.74, 6) is -2.48. The quantitative estimate of drug-likeness (QED) is 0.520. The van der Waals surface area contributed by atoms with Crippen molar-refractivity contribution in [2.24, 2.45) is 0 Å². The van der Waals surface area contributed by atoms with Crippen LogP contribution in [-0.2, 0) is 20.9 Å². The number of hydrogen-bond acceptors (Lipinski definition) is 6. The molecule has 0 fully saturated rings. The number of fused-ring (bicyclic) bond motifs is 1. The lowest BCUT2D eigenvalue weighted by Gasteiger charge is -2.28. The fourth-order valence-corrected chi connectivity index (χ4v) is 2.59. The van der Waals surface area contributed by atoms with Crippen molar-refractivity contribution in [2.75, 3.05) is 7.11 Å². The van der Waals surface area contributed by atoms with Crippen LogP contribution in [0.4, 0.5) is 4.39 Å². The monoisotopic (exact) mass is 357 g/mol. The molecule has 0 saturated heterocycles. The second kappa shape index (κ2) is 7.26. The van der Waals surface area contributed by atoms with Crippen LogP contribution < -0.4 is 0 Å². The Morgan fingerprint density at radius 1 is 1.31 bits per heavy atom. The molecule has 0 spiro atoms. The van der Waals surface area contributed by atoms with Gasteiger partial charge in [-0.25, -0.2) is 18.7 Å². The molecule has 3 aromatic rings. The van der Waals surface area contributed by atoms with Crippen LogP contribution in [0.15, 0.2) is 43.0 Å². The summed E-state index contributed by atoms with van der Waals surface area (Å²) in [6.07, 6.45) is 4.51. The van der Waals surface area contributed by atoms with Crippen molar-refractivity contribution in [3.05, 3.63) is 60.1 Å². The zero-order valence-electron chi connectivity index (χ0n) is 14.2. The van der Waals surface area contributed by atoms with Gasteiger partial charge in [-0.2, -0.15) is 5.10 Å². The van der Waals surface area contributed by atoms with Gasteiger partial charge >= 0.3 is 11.9 Å². The molecule has 0 N–H and O–H groups in total. The molecule has 0 radical (unpaired) electrons. The molecule has 3 heterocycles. The number of halogens is 1. The molecule has 9 heteroatoms. The van der Waals surface area contributed by atoms with Crippen LogP contribution in [0.1, 0.15) is 24.2 Å². The number of carbonyl (C=O) groups is 2. The first kappa shape index (κ1) is 17.5. The van der Waals surface area contributed by atoms with Gasteiger partial charge in [0, 0.05) is 18.9 Å². The molecular formula is C17H16FN5O3. The van der Waals surface area contributed by atoms with Gasteiger partial charge in [0.05, 0.1) is 18.8 Å². The molecule has 3 aromatic heterocycles. The second-order valence-electron chi connectivity index (χ2n) is 5.57. The molecule has 0 aliphatic rings. The van der Waals surface area contributed by atoms with Gasteiger partial charge in [-0.15, -0.1) is 0 Å². The van der Waals surface area contributed by atoms with E-state index in [-0.39, 0.29) is 12.2 Å². The Morgan fingerprint density at radius 3 is 2.85 bits per heavy atom. The van der Waals surface area contributed by atoms with Crippen LogP contribution in [0.25, 0.3) is 5.65 Å². The summed E-state index contributed by atoms with van der Waals surface area (Å²) < 4.78 is 20.2. The van der Waals surface area contributed by atoms with Crippen LogP contribution in [0.2, 0.25) is 0 Å². The van der Waals surface area contributed by atoms with Crippen LogP contribution in [0, 0.1) is 5.82 Å². The van der Waals surface area contributed by atoms with Crippen molar-refractivity contribution < 1.29 is 18.7 Å². The van der Waals surface area contributed by atoms with Crippen molar-refractivity contribution >= 4 is 17.5 Å². The average Bonchev–Trinajstić information content (AvgIpc) is 3.12. The first-order valence-corrected chi connectivity index (χ1v) is 7.79. The Bertz CT molecular complexity index is 958. The highest BCUT2D eigenvalue weighted by molar-refractivity contribution is 6.32. The minimum atomic E-state index is -1.03. The SMILES string of the molecule is COC(=O)C(=O)N(Cc1ccc2ncnn2c1)C(C)c1ncccc1F. The number of amides is 1. The third-order valence-corrected chi connectivity index (χ3v) is 3.96. The lowest BCUT2D eigenvalue weighted by atomic mass is 10.1. The van der Waals surface area contributed by atoms with Gasteiger partial charge in [0.25, 0.3) is 0 Å². The highest BCUT2D eigenvalue weighted by Crippen LogP contribution is 2.23. The predicted octanol–water partition coefficient (Wildman–Crippen LogP) is 1.53. The molecule has 134 valence electrons. The second-order valence-corrected chi connectivity index (χ2v) is 5.57. The van der Waals surface area contributed by atoms with Crippen molar-refractivity contribution in [1.29, 1.82) is 0 Å². The van der Waals surface area contributed by atoms with Gasteiger partial charge in [0.1, 0.15) is 12.1 Å². The first-order valence-electron chi connectivity index (χ1n) is 7.79. The number of ether oxygens (including phenoxy) is 1. The smallest absolute Gasteiger partial charge is 0.396 e. The molecule has 26 heavy (non-hydrogen) atoms. The fourth-order valence-electron chi connectivity index (χ4n) is 2.59. The zero-order valence-corrected chi connectivity index (χ0v) is 14.2. The number of hydrogen-bond donors (Lipinski definition) is 0. The number of rotatable bonds is 4.